The van der Waals surface area contributed by atoms with Gasteiger partial charge in [0.15, 0.2) is 0 Å². The predicted molar refractivity (Wildman–Crippen MR) is 96.9 cm³/mol. The highest BCUT2D eigenvalue weighted by Gasteiger charge is 2.25. The first-order chi connectivity index (χ1) is 13.0. The van der Waals surface area contributed by atoms with Crippen LogP contribution in [0.25, 0.3) is 0 Å². The summed E-state index contributed by atoms with van der Waals surface area (Å²) in [7, 11) is 0. The van der Waals surface area contributed by atoms with E-state index in [2.05, 4.69) is 10.6 Å². The normalized spacial score (nSPS) is 19.3. The summed E-state index contributed by atoms with van der Waals surface area (Å²) >= 11 is 0. The molecular formula is C20H21FN2O4. The third-order valence-electron chi connectivity index (χ3n) is 4.51. The second kappa shape index (κ2) is 8.64. The van der Waals surface area contributed by atoms with Gasteiger partial charge >= 0.3 is 12.0 Å². The highest BCUT2D eigenvalue weighted by atomic mass is 19.1. The molecule has 27 heavy (non-hydrogen) atoms. The molecule has 1 heterocycles. The second-order valence-electron chi connectivity index (χ2n) is 6.46. The second-order valence-corrected chi connectivity index (χ2v) is 6.46. The van der Waals surface area contributed by atoms with Gasteiger partial charge in [-0.3, -0.25) is 0 Å². The minimum Gasteiger partial charge on any atom is -0.478 e. The van der Waals surface area contributed by atoms with Crippen LogP contribution in [0.2, 0.25) is 0 Å². The van der Waals surface area contributed by atoms with Gasteiger partial charge in [0.2, 0.25) is 0 Å². The Hall–Kier alpha value is -2.93. The molecule has 1 saturated heterocycles. The number of ether oxygens (including phenoxy) is 1. The van der Waals surface area contributed by atoms with Gasteiger partial charge in [-0.15, -0.1) is 0 Å². The van der Waals surface area contributed by atoms with Crippen molar-refractivity contribution in [2.75, 3.05) is 6.61 Å². The van der Waals surface area contributed by atoms with E-state index in [1.807, 2.05) is 0 Å². The van der Waals surface area contributed by atoms with Crippen LogP contribution in [0.5, 0.6) is 0 Å². The van der Waals surface area contributed by atoms with Crippen molar-refractivity contribution in [1.29, 1.82) is 0 Å². The number of hydrogen-bond donors (Lipinski definition) is 3. The molecule has 0 bridgehead atoms. The number of aromatic carboxylic acids is 1. The number of nitrogens with one attached hydrogen (secondary N) is 2. The summed E-state index contributed by atoms with van der Waals surface area (Å²) in [5.74, 6) is -1.28. The average Bonchev–Trinajstić information content (AvgIpc) is 2.67. The summed E-state index contributed by atoms with van der Waals surface area (Å²) in [5.41, 5.74) is 1.91. The average molecular weight is 372 g/mol. The van der Waals surface area contributed by atoms with Crippen LogP contribution < -0.4 is 10.6 Å². The van der Waals surface area contributed by atoms with E-state index in [-0.39, 0.29) is 29.6 Å². The number of rotatable bonds is 5. The molecule has 2 aromatic rings. The molecule has 142 valence electrons. The van der Waals surface area contributed by atoms with Crippen LogP contribution in [-0.4, -0.2) is 29.8 Å². The summed E-state index contributed by atoms with van der Waals surface area (Å²) in [6.07, 6.45) is 1.15. The van der Waals surface area contributed by atoms with Gasteiger partial charge in [-0.05, 0) is 48.2 Å². The number of hydrogen-bond acceptors (Lipinski definition) is 3. The molecule has 2 atom stereocenters. The maximum absolute atomic E-state index is 13.1. The summed E-state index contributed by atoms with van der Waals surface area (Å²) < 4.78 is 18.8. The fourth-order valence-electron chi connectivity index (χ4n) is 3.02. The minimum absolute atomic E-state index is 0.0387. The number of carbonyl (C=O) groups excluding carboxylic acids is 1. The van der Waals surface area contributed by atoms with Crippen molar-refractivity contribution < 1.29 is 23.8 Å². The number of carboxylic acids is 1. The zero-order chi connectivity index (χ0) is 19.2. The third kappa shape index (κ3) is 5.27. The summed E-state index contributed by atoms with van der Waals surface area (Å²) in [4.78, 5) is 23.0. The molecule has 0 radical (unpaired) electrons. The smallest absolute Gasteiger partial charge is 0.335 e. The van der Waals surface area contributed by atoms with Gasteiger partial charge < -0.3 is 20.5 Å². The van der Waals surface area contributed by atoms with Crippen molar-refractivity contribution >= 4 is 12.0 Å². The molecule has 1 aliphatic rings. The zero-order valence-corrected chi connectivity index (χ0v) is 14.7. The molecule has 7 heteroatoms. The van der Waals surface area contributed by atoms with Gasteiger partial charge in [0.25, 0.3) is 0 Å². The molecule has 3 N–H and O–H groups in total. The van der Waals surface area contributed by atoms with Crippen molar-refractivity contribution in [1.82, 2.24) is 10.6 Å². The molecule has 1 aliphatic heterocycles. The molecule has 6 nitrogen and oxygen atoms in total. The van der Waals surface area contributed by atoms with Gasteiger partial charge in [0.1, 0.15) is 5.82 Å². The number of urea groups is 1. The molecule has 0 saturated carbocycles. The molecule has 0 aromatic heterocycles. The lowest BCUT2D eigenvalue weighted by Crippen LogP contribution is -2.44. The fraction of sp³-hybridized carbons (Fsp3) is 0.300. The summed E-state index contributed by atoms with van der Waals surface area (Å²) in [6, 6.07) is 12.2. The zero-order valence-electron chi connectivity index (χ0n) is 14.7. The van der Waals surface area contributed by atoms with E-state index < -0.39 is 5.97 Å². The van der Waals surface area contributed by atoms with E-state index in [0.29, 0.717) is 26.0 Å². The lowest BCUT2D eigenvalue weighted by molar-refractivity contribution is 0.00222. The number of carboxylic acid groups (broad SMARTS) is 1. The van der Waals surface area contributed by atoms with Gasteiger partial charge in [-0.1, -0.05) is 24.3 Å². The number of carbonyl (C=O) groups is 2. The minimum atomic E-state index is -0.984. The Morgan fingerprint density at radius 2 is 1.81 bits per heavy atom. The Morgan fingerprint density at radius 3 is 2.48 bits per heavy atom. The first-order valence-electron chi connectivity index (χ1n) is 8.75. The Balaban J connectivity index is 1.48. The number of halogens is 1. The topological polar surface area (TPSA) is 87.7 Å². The van der Waals surface area contributed by atoms with E-state index >= 15 is 0 Å². The Bertz CT molecular complexity index is 793. The van der Waals surface area contributed by atoms with Crippen LogP contribution in [0, 0.1) is 5.82 Å². The Morgan fingerprint density at radius 1 is 1.11 bits per heavy atom. The number of benzene rings is 2. The predicted octanol–water partition coefficient (Wildman–Crippen LogP) is 3.24. The quantitative estimate of drug-likeness (QED) is 0.752. The maximum atomic E-state index is 13.1. The van der Waals surface area contributed by atoms with Crippen molar-refractivity contribution in [3.63, 3.8) is 0 Å². The molecule has 2 amide bonds. The van der Waals surface area contributed by atoms with E-state index in [0.717, 1.165) is 11.1 Å². The maximum Gasteiger partial charge on any atom is 0.335 e. The first kappa shape index (κ1) is 18.8. The molecule has 2 aromatic carbocycles. The van der Waals surface area contributed by atoms with Crippen LogP contribution in [0.4, 0.5) is 9.18 Å². The summed E-state index contributed by atoms with van der Waals surface area (Å²) in [5, 5.41) is 14.6. The van der Waals surface area contributed by atoms with E-state index in [1.54, 1.807) is 24.3 Å². The highest BCUT2D eigenvalue weighted by molar-refractivity contribution is 5.87. The lowest BCUT2D eigenvalue weighted by Gasteiger charge is -2.30. The molecule has 0 aliphatic carbocycles. The van der Waals surface area contributed by atoms with E-state index in [9.17, 15) is 14.0 Å². The van der Waals surface area contributed by atoms with Crippen molar-refractivity contribution in [3.8, 4) is 0 Å². The number of amides is 2. The highest BCUT2D eigenvalue weighted by Crippen LogP contribution is 2.28. The Labute approximate surface area is 156 Å². The molecular weight excluding hydrogens is 351 g/mol. The van der Waals surface area contributed by atoms with Crippen LogP contribution in [0.1, 0.15) is 40.4 Å². The largest absolute Gasteiger partial charge is 0.478 e. The SMILES string of the molecule is O=C(NCc1ccc(C(=O)O)cc1)NC1CCOC(c2ccc(F)cc2)C1. The molecule has 0 spiro atoms. The monoisotopic (exact) mass is 372 g/mol. The van der Waals surface area contributed by atoms with Gasteiger partial charge in [0, 0.05) is 19.2 Å². The molecule has 2 unspecified atom stereocenters. The van der Waals surface area contributed by atoms with Gasteiger partial charge in [0.05, 0.1) is 11.7 Å². The van der Waals surface area contributed by atoms with Crippen LogP contribution in [0.3, 0.4) is 0 Å². The van der Waals surface area contributed by atoms with E-state index in [1.165, 1.54) is 24.3 Å². The van der Waals surface area contributed by atoms with Gasteiger partial charge in [-0.25, -0.2) is 14.0 Å². The third-order valence-corrected chi connectivity index (χ3v) is 4.51. The van der Waals surface area contributed by atoms with Crippen LogP contribution in [0.15, 0.2) is 48.5 Å². The van der Waals surface area contributed by atoms with Crippen LogP contribution >= 0.6 is 0 Å². The molecule has 3 rings (SSSR count). The van der Waals surface area contributed by atoms with Crippen molar-refractivity contribution in [3.05, 3.63) is 71.0 Å². The lowest BCUT2D eigenvalue weighted by atomic mass is 9.97. The standard InChI is InChI=1S/C20H21FN2O4/c21-16-7-5-14(6-8-16)18-11-17(9-10-27-18)23-20(26)22-12-13-1-3-15(4-2-13)19(24)25/h1-8,17-18H,9-12H2,(H,24,25)(H2,22,23,26). The van der Waals surface area contributed by atoms with Crippen molar-refractivity contribution in [2.45, 2.75) is 31.5 Å². The first-order valence-corrected chi connectivity index (χ1v) is 8.75. The van der Waals surface area contributed by atoms with E-state index in [4.69, 9.17) is 9.84 Å². The van der Waals surface area contributed by atoms with Crippen LogP contribution in [-0.2, 0) is 11.3 Å². The van der Waals surface area contributed by atoms with Gasteiger partial charge in [-0.2, -0.15) is 0 Å². The Kier molecular flexibility index (Phi) is 6.03. The van der Waals surface area contributed by atoms with Crippen molar-refractivity contribution in [2.24, 2.45) is 0 Å². The fourth-order valence-corrected chi connectivity index (χ4v) is 3.02. The molecule has 1 fully saturated rings. The summed E-state index contributed by atoms with van der Waals surface area (Å²) in [6.45, 7) is 0.819.